The Morgan fingerprint density at radius 2 is 1.73 bits per heavy atom. The van der Waals surface area contributed by atoms with Crippen molar-refractivity contribution in [2.75, 3.05) is 12.3 Å². The molecule has 1 aromatic heterocycles. The first kappa shape index (κ1) is 29.3. The quantitative estimate of drug-likeness (QED) is 0.425. The minimum atomic E-state index is -3.89. The zero-order chi connectivity index (χ0) is 27.8. The maximum Gasteiger partial charge on any atom is 0.498 e. The zero-order valence-electron chi connectivity index (χ0n) is 23.0. The number of nitrogens with one attached hydrogen (secondary N) is 1. The topological polar surface area (TPSA) is 137 Å². The lowest BCUT2D eigenvalue weighted by Gasteiger charge is -2.37. The predicted octanol–water partition coefficient (Wildman–Crippen LogP) is 1.84. The van der Waals surface area contributed by atoms with E-state index in [1.165, 1.54) is 17.3 Å². The third-order valence-corrected chi connectivity index (χ3v) is 8.47. The van der Waals surface area contributed by atoms with Crippen molar-refractivity contribution in [1.29, 1.82) is 0 Å². The number of amides is 2. The SMILES string of the molecule is C[C@@H](NC(=O)OC(C)(C)C)C(=O)N1CCCC[C@H]1CS(=O)(=O)c1ncc(B2OC(C)(C)C(C)(C)O2)cn1. The highest BCUT2D eigenvalue weighted by Gasteiger charge is 2.52. The van der Waals surface area contributed by atoms with Crippen molar-refractivity contribution in [3.63, 3.8) is 0 Å². The molecular formula is C24H39BN4O7S. The van der Waals surface area contributed by atoms with Gasteiger partial charge in [0.05, 0.1) is 17.0 Å². The van der Waals surface area contributed by atoms with Crippen molar-refractivity contribution in [3.8, 4) is 0 Å². The Labute approximate surface area is 220 Å². The van der Waals surface area contributed by atoms with Crippen LogP contribution in [0.2, 0.25) is 0 Å². The van der Waals surface area contributed by atoms with Crippen LogP contribution in [0.4, 0.5) is 4.79 Å². The minimum absolute atomic E-state index is 0.312. The van der Waals surface area contributed by atoms with E-state index in [0.29, 0.717) is 18.4 Å². The van der Waals surface area contributed by atoms with E-state index in [0.717, 1.165) is 12.8 Å². The molecule has 3 rings (SSSR count). The second-order valence-corrected chi connectivity index (χ2v) is 13.6. The lowest BCUT2D eigenvalue weighted by atomic mass is 9.81. The van der Waals surface area contributed by atoms with Crippen molar-refractivity contribution >= 4 is 34.4 Å². The monoisotopic (exact) mass is 538 g/mol. The standard InChI is InChI=1S/C24H39BN4O7S/c1-16(28-21(31)34-22(2,3)4)19(30)29-12-10-9-11-18(29)15-37(32,33)20-26-13-17(14-27-20)25-35-23(5,6)24(7,8)36-25/h13-14,16,18H,9-12,15H2,1-8H3,(H,28,31)/t16-,18+/m1/s1. The van der Waals surface area contributed by atoms with Gasteiger partial charge in [0.2, 0.25) is 20.9 Å². The first-order chi connectivity index (χ1) is 16.9. The fourth-order valence-electron chi connectivity index (χ4n) is 4.17. The van der Waals surface area contributed by atoms with Crippen LogP contribution in [0, 0.1) is 0 Å². The number of carbonyl (C=O) groups excluding carboxylic acids is 2. The number of nitrogens with zero attached hydrogens (tertiary/aromatic N) is 3. The summed E-state index contributed by atoms with van der Waals surface area (Å²) in [7, 11) is -4.60. The number of piperidine rings is 1. The molecule has 2 saturated heterocycles. The van der Waals surface area contributed by atoms with Gasteiger partial charge in [-0.15, -0.1) is 0 Å². The summed E-state index contributed by atoms with van der Waals surface area (Å²) in [6.45, 7) is 14.9. The number of likely N-dealkylation sites (tertiary alicyclic amines) is 1. The number of rotatable bonds is 6. The van der Waals surface area contributed by atoms with Gasteiger partial charge in [0.15, 0.2) is 0 Å². The molecule has 0 radical (unpaired) electrons. The predicted molar refractivity (Wildman–Crippen MR) is 138 cm³/mol. The van der Waals surface area contributed by atoms with Crippen LogP contribution in [0.15, 0.2) is 17.6 Å². The molecule has 0 unspecified atom stereocenters. The van der Waals surface area contributed by atoms with Gasteiger partial charge >= 0.3 is 13.2 Å². The van der Waals surface area contributed by atoms with Crippen molar-refractivity contribution in [2.45, 2.75) is 109 Å². The van der Waals surface area contributed by atoms with E-state index in [2.05, 4.69) is 15.3 Å². The van der Waals surface area contributed by atoms with Gasteiger partial charge in [0.1, 0.15) is 11.6 Å². The summed E-state index contributed by atoms with van der Waals surface area (Å²) >= 11 is 0. The van der Waals surface area contributed by atoms with Crippen LogP contribution < -0.4 is 10.8 Å². The van der Waals surface area contributed by atoms with Gasteiger partial charge in [0, 0.05) is 30.4 Å². The van der Waals surface area contributed by atoms with Crippen LogP contribution in [0.25, 0.3) is 0 Å². The number of hydrogen-bond donors (Lipinski definition) is 1. The Morgan fingerprint density at radius 3 is 2.27 bits per heavy atom. The molecule has 2 fully saturated rings. The molecule has 1 N–H and O–H groups in total. The molecule has 13 heteroatoms. The molecule has 37 heavy (non-hydrogen) atoms. The van der Waals surface area contributed by atoms with Gasteiger partial charge in [-0.2, -0.15) is 0 Å². The molecule has 0 saturated carbocycles. The molecule has 0 aliphatic carbocycles. The third-order valence-electron chi connectivity index (χ3n) is 6.88. The number of alkyl carbamates (subject to hydrolysis) is 1. The highest BCUT2D eigenvalue weighted by molar-refractivity contribution is 7.91. The molecule has 2 atom stereocenters. The average Bonchev–Trinajstić information content (AvgIpc) is 2.99. The summed E-state index contributed by atoms with van der Waals surface area (Å²) in [6.07, 6.45) is 4.17. The molecule has 2 aliphatic rings. The number of carbonyl (C=O) groups is 2. The second kappa shape index (κ2) is 10.5. The van der Waals surface area contributed by atoms with Crippen LogP contribution >= 0.6 is 0 Å². The Kier molecular flexibility index (Phi) is 8.31. The van der Waals surface area contributed by atoms with Gasteiger partial charge in [-0.1, -0.05) is 0 Å². The summed E-state index contributed by atoms with van der Waals surface area (Å²) in [4.78, 5) is 35.0. The first-order valence-corrected chi connectivity index (χ1v) is 14.3. The Bertz CT molecular complexity index is 1090. The number of ether oxygens (including phenoxy) is 1. The van der Waals surface area contributed by atoms with Crippen molar-refractivity contribution in [1.82, 2.24) is 20.2 Å². The molecule has 11 nitrogen and oxygen atoms in total. The van der Waals surface area contributed by atoms with Crippen molar-refractivity contribution < 1.29 is 32.1 Å². The van der Waals surface area contributed by atoms with E-state index in [1.807, 2.05) is 27.7 Å². The van der Waals surface area contributed by atoms with Gasteiger partial charge in [-0.25, -0.2) is 23.2 Å². The number of hydrogen-bond acceptors (Lipinski definition) is 9. The maximum absolute atomic E-state index is 13.2. The Hall–Kier alpha value is -2.25. The molecule has 1 aromatic rings. The van der Waals surface area contributed by atoms with Crippen molar-refractivity contribution in [2.24, 2.45) is 0 Å². The van der Waals surface area contributed by atoms with Crippen LogP contribution in [0.3, 0.4) is 0 Å². The largest absolute Gasteiger partial charge is 0.498 e. The zero-order valence-corrected chi connectivity index (χ0v) is 23.8. The normalized spacial score (nSPS) is 22.4. The fourth-order valence-corrected chi connectivity index (χ4v) is 5.60. The average molecular weight is 538 g/mol. The number of aromatic nitrogens is 2. The highest BCUT2D eigenvalue weighted by atomic mass is 32.2. The summed E-state index contributed by atoms with van der Waals surface area (Å²) in [5.41, 5.74) is -1.27. The number of sulfone groups is 1. The van der Waals surface area contributed by atoms with Crippen molar-refractivity contribution in [3.05, 3.63) is 12.4 Å². The van der Waals surface area contributed by atoms with Crippen LogP contribution in [-0.2, 0) is 28.7 Å². The molecular weight excluding hydrogens is 499 g/mol. The summed E-state index contributed by atoms with van der Waals surface area (Å²) in [5, 5.41) is 2.23. The van der Waals surface area contributed by atoms with E-state index in [4.69, 9.17) is 14.0 Å². The molecule has 0 bridgehead atoms. The van der Waals surface area contributed by atoms with E-state index in [-0.39, 0.29) is 16.8 Å². The fraction of sp³-hybridized carbons (Fsp3) is 0.750. The lowest BCUT2D eigenvalue weighted by Crippen LogP contribution is -2.54. The molecule has 0 spiro atoms. The second-order valence-electron chi connectivity index (χ2n) is 11.7. The minimum Gasteiger partial charge on any atom is -0.444 e. The Morgan fingerprint density at radius 1 is 1.16 bits per heavy atom. The highest BCUT2D eigenvalue weighted by Crippen LogP contribution is 2.36. The van der Waals surface area contributed by atoms with Crippen LogP contribution in [0.5, 0.6) is 0 Å². The van der Waals surface area contributed by atoms with Gasteiger partial charge in [-0.3, -0.25) is 4.79 Å². The van der Waals surface area contributed by atoms with Gasteiger partial charge in [-0.05, 0) is 74.7 Å². The summed E-state index contributed by atoms with van der Waals surface area (Å²) in [5.74, 6) is -0.670. The van der Waals surface area contributed by atoms with Gasteiger partial charge in [0.25, 0.3) is 0 Å². The summed E-state index contributed by atoms with van der Waals surface area (Å²) in [6, 6.07) is -1.42. The summed E-state index contributed by atoms with van der Waals surface area (Å²) < 4.78 is 43.6. The van der Waals surface area contributed by atoms with Crippen LogP contribution in [-0.4, -0.2) is 83.6 Å². The molecule has 3 heterocycles. The maximum atomic E-state index is 13.2. The smallest absolute Gasteiger partial charge is 0.444 e. The van der Waals surface area contributed by atoms with E-state index < -0.39 is 51.9 Å². The van der Waals surface area contributed by atoms with E-state index >= 15 is 0 Å². The molecule has 2 amide bonds. The third kappa shape index (κ3) is 7.00. The van der Waals surface area contributed by atoms with Gasteiger partial charge < -0.3 is 24.3 Å². The molecule has 0 aromatic carbocycles. The molecule has 206 valence electrons. The van der Waals surface area contributed by atoms with Crippen LogP contribution in [0.1, 0.15) is 74.7 Å². The van der Waals surface area contributed by atoms with E-state index in [9.17, 15) is 18.0 Å². The van der Waals surface area contributed by atoms with E-state index in [1.54, 1.807) is 27.7 Å². The first-order valence-electron chi connectivity index (χ1n) is 12.6. The Balaban J connectivity index is 1.68. The lowest BCUT2D eigenvalue weighted by molar-refractivity contribution is -0.136. The molecule has 2 aliphatic heterocycles.